The van der Waals surface area contributed by atoms with Gasteiger partial charge in [0.2, 0.25) is 5.91 Å². The largest absolute Gasteiger partial charge is 0.490 e. The summed E-state index contributed by atoms with van der Waals surface area (Å²) >= 11 is 0. The van der Waals surface area contributed by atoms with Crippen LogP contribution in [0.5, 0.6) is 5.75 Å². The molecule has 0 unspecified atom stereocenters. The monoisotopic (exact) mass is 363 g/mol. The first-order chi connectivity index (χ1) is 13.1. The van der Waals surface area contributed by atoms with Gasteiger partial charge in [-0.1, -0.05) is 42.5 Å². The molecule has 0 spiro atoms. The van der Waals surface area contributed by atoms with Crippen molar-refractivity contribution in [3.63, 3.8) is 0 Å². The van der Waals surface area contributed by atoms with Crippen LogP contribution >= 0.6 is 0 Å². The zero-order valence-electron chi connectivity index (χ0n) is 14.6. The van der Waals surface area contributed by atoms with E-state index in [-0.39, 0.29) is 23.8 Å². The summed E-state index contributed by atoms with van der Waals surface area (Å²) in [5.41, 5.74) is 3.67. The van der Waals surface area contributed by atoms with Gasteiger partial charge in [-0.3, -0.25) is 14.9 Å². The predicted octanol–water partition coefficient (Wildman–Crippen LogP) is 3.45. The van der Waals surface area contributed by atoms with Crippen molar-refractivity contribution in [1.29, 1.82) is 0 Å². The lowest BCUT2D eigenvalue weighted by atomic mass is 10.0. The molecule has 7 nitrogen and oxygen atoms in total. The zero-order valence-corrected chi connectivity index (χ0v) is 14.6. The summed E-state index contributed by atoms with van der Waals surface area (Å²) in [7, 11) is 1.36. The topological polar surface area (TPSA) is 93.8 Å². The highest BCUT2D eigenvalue weighted by molar-refractivity contribution is 5.90. The van der Waals surface area contributed by atoms with Crippen molar-refractivity contribution in [2.45, 2.75) is 6.42 Å². The Bertz CT molecular complexity index is 1030. The molecule has 3 aromatic rings. The van der Waals surface area contributed by atoms with E-state index in [0.717, 1.165) is 16.3 Å². The number of benzene rings is 3. The van der Waals surface area contributed by atoms with Crippen molar-refractivity contribution in [1.82, 2.24) is 5.43 Å². The molecule has 0 aliphatic heterocycles. The highest BCUT2D eigenvalue weighted by atomic mass is 16.6. The number of carbonyl (C=O) groups is 1. The van der Waals surface area contributed by atoms with E-state index in [0.29, 0.717) is 5.56 Å². The number of fused-ring (bicyclic) bond motifs is 1. The van der Waals surface area contributed by atoms with Crippen molar-refractivity contribution < 1.29 is 14.5 Å². The van der Waals surface area contributed by atoms with E-state index in [4.69, 9.17) is 4.74 Å². The number of nitro groups is 1. The average molecular weight is 363 g/mol. The Hall–Kier alpha value is -3.74. The minimum atomic E-state index is -0.532. The Morgan fingerprint density at radius 1 is 1.19 bits per heavy atom. The second-order valence-electron chi connectivity index (χ2n) is 5.80. The molecule has 3 rings (SSSR count). The Balaban J connectivity index is 1.68. The zero-order chi connectivity index (χ0) is 19.2. The van der Waals surface area contributed by atoms with Gasteiger partial charge < -0.3 is 4.74 Å². The first-order valence-electron chi connectivity index (χ1n) is 8.19. The van der Waals surface area contributed by atoms with Gasteiger partial charge in [-0.2, -0.15) is 5.10 Å². The quantitative estimate of drug-likeness (QED) is 0.412. The minimum Gasteiger partial charge on any atom is -0.490 e. The summed E-state index contributed by atoms with van der Waals surface area (Å²) in [6.07, 6.45) is 1.54. The maximum absolute atomic E-state index is 12.2. The molecule has 0 fully saturated rings. The number of nitro benzene ring substituents is 1. The molecule has 0 aliphatic rings. The Kier molecular flexibility index (Phi) is 5.41. The summed E-state index contributed by atoms with van der Waals surface area (Å²) in [4.78, 5) is 22.7. The number of nitrogens with zero attached hydrogens (tertiary/aromatic N) is 2. The van der Waals surface area contributed by atoms with Gasteiger partial charge in [-0.05, 0) is 28.5 Å². The van der Waals surface area contributed by atoms with Crippen molar-refractivity contribution >= 4 is 28.6 Å². The van der Waals surface area contributed by atoms with Crippen LogP contribution in [0.2, 0.25) is 0 Å². The maximum Gasteiger partial charge on any atom is 0.311 e. The van der Waals surface area contributed by atoms with E-state index in [9.17, 15) is 14.9 Å². The van der Waals surface area contributed by atoms with Gasteiger partial charge in [0, 0.05) is 11.6 Å². The molecule has 1 N–H and O–H groups in total. The fourth-order valence-corrected chi connectivity index (χ4v) is 2.77. The molecule has 7 heteroatoms. The SMILES string of the molecule is COc1ccc(C=NNC(=O)Cc2cccc3ccccc23)cc1[N+](=O)[O-]. The average Bonchev–Trinajstić information content (AvgIpc) is 2.68. The second kappa shape index (κ2) is 8.09. The lowest BCUT2D eigenvalue weighted by molar-refractivity contribution is -0.385. The van der Waals surface area contributed by atoms with Crippen LogP contribution in [0.1, 0.15) is 11.1 Å². The van der Waals surface area contributed by atoms with Crippen molar-refractivity contribution in [3.8, 4) is 5.75 Å². The summed E-state index contributed by atoms with van der Waals surface area (Å²) in [5, 5.41) is 17.0. The van der Waals surface area contributed by atoms with Crippen LogP contribution in [0, 0.1) is 10.1 Å². The van der Waals surface area contributed by atoms with Crippen LogP contribution in [0.15, 0.2) is 65.8 Å². The molecule has 0 radical (unpaired) electrons. The van der Waals surface area contributed by atoms with Crippen LogP contribution in [0.25, 0.3) is 10.8 Å². The summed E-state index contributed by atoms with van der Waals surface area (Å²) in [5.74, 6) is -0.109. The summed E-state index contributed by atoms with van der Waals surface area (Å²) in [6, 6.07) is 18.1. The van der Waals surface area contributed by atoms with Crippen molar-refractivity contribution in [2.24, 2.45) is 5.10 Å². The van der Waals surface area contributed by atoms with Gasteiger partial charge in [0.05, 0.1) is 24.7 Å². The van der Waals surface area contributed by atoms with Crippen molar-refractivity contribution in [3.05, 3.63) is 81.9 Å². The van der Waals surface area contributed by atoms with Gasteiger partial charge in [-0.15, -0.1) is 0 Å². The van der Waals surface area contributed by atoms with E-state index in [1.807, 2.05) is 42.5 Å². The Morgan fingerprint density at radius 3 is 2.74 bits per heavy atom. The molecule has 0 aromatic heterocycles. The molecule has 136 valence electrons. The molecule has 3 aromatic carbocycles. The Morgan fingerprint density at radius 2 is 1.96 bits per heavy atom. The number of hydrogen-bond acceptors (Lipinski definition) is 5. The molecule has 0 bridgehead atoms. The number of hydrazone groups is 1. The maximum atomic E-state index is 12.2. The van der Waals surface area contributed by atoms with E-state index in [1.54, 1.807) is 6.07 Å². The number of ether oxygens (including phenoxy) is 1. The van der Waals surface area contributed by atoms with Crippen LogP contribution in [0.3, 0.4) is 0 Å². The van der Waals surface area contributed by atoms with Crippen LogP contribution in [-0.2, 0) is 11.2 Å². The number of hydrogen-bond donors (Lipinski definition) is 1. The third-order valence-corrected chi connectivity index (χ3v) is 4.03. The number of amides is 1. The van der Waals surface area contributed by atoms with Gasteiger partial charge in [0.15, 0.2) is 5.75 Å². The minimum absolute atomic E-state index is 0.163. The number of carbonyl (C=O) groups excluding carboxylic acids is 1. The molecule has 0 saturated heterocycles. The first kappa shape index (κ1) is 18.1. The van der Waals surface area contributed by atoms with Gasteiger partial charge >= 0.3 is 5.69 Å². The predicted molar refractivity (Wildman–Crippen MR) is 103 cm³/mol. The second-order valence-corrected chi connectivity index (χ2v) is 5.80. The lowest BCUT2D eigenvalue weighted by Crippen LogP contribution is -2.19. The molecular weight excluding hydrogens is 346 g/mol. The standard InChI is InChI=1S/C20H17N3O4/c1-27-19-10-9-14(11-18(19)23(25)26)13-21-22-20(24)12-16-7-4-6-15-5-2-3-8-17(15)16/h2-11,13H,12H2,1H3,(H,22,24). The molecule has 27 heavy (non-hydrogen) atoms. The van der Waals surface area contributed by atoms with E-state index in [2.05, 4.69) is 10.5 Å². The smallest absolute Gasteiger partial charge is 0.311 e. The molecule has 0 heterocycles. The van der Waals surface area contributed by atoms with E-state index < -0.39 is 4.92 Å². The van der Waals surface area contributed by atoms with Crippen LogP contribution in [0.4, 0.5) is 5.69 Å². The van der Waals surface area contributed by atoms with Crippen LogP contribution in [-0.4, -0.2) is 24.2 Å². The highest BCUT2D eigenvalue weighted by Gasteiger charge is 2.14. The fraction of sp³-hybridized carbons (Fsp3) is 0.100. The molecular formula is C20H17N3O4. The van der Waals surface area contributed by atoms with E-state index in [1.165, 1.54) is 25.5 Å². The summed E-state index contributed by atoms with van der Waals surface area (Å²) < 4.78 is 4.95. The van der Waals surface area contributed by atoms with Gasteiger partial charge in [0.25, 0.3) is 0 Å². The number of nitrogens with one attached hydrogen (secondary N) is 1. The number of rotatable bonds is 6. The number of methoxy groups -OCH3 is 1. The molecule has 0 saturated carbocycles. The van der Waals surface area contributed by atoms with Gasteiger partial charge in [0.1, 0.15) is 0 Å². The third-order valence-electron chi connectivity index (χ3n) is 4.03. The molecule has 0 atom stereocenters. The lowest BCUT2D eigenvalue weighted by Gasteiger charge is -2.05. The highest BCUT2D eigenvalue weighted by Crippen LogP contribution is 2.26. The van der Waals surface area contributed by atoms with Crippen molar-refractivity contribution in [2.75, 3.05) is 7.11 Å². The molecule has 0 aliphatic carbocycles. The molecule has 1 amide bonds. The normalized spacial score (nSPS) is 10.9. The van der Waals surface area contributed by atoms with Crippen LogP contribution < -0.4 is 10.2 Å². The van der Waals surface area contributed by atoms with Gasteiger partial charge in [-0.25, -0.2) is 5.43 Å². The van der Waals surface area contributed by atoms with E-state index >= 15 is 0 Å². The summed E-state index contributed by atoms with van der Waals surface area (Å²) in [6.45, 7) is 0. The Labute approximate surface area is 155 Å². The first-order valence-corrected chi connectivity index (χ1v) is 8.19. The fourth-order valence-electron chi connectivity index (χ4n) is 2.77. The third kappa shape index (κ3) is 4.27.